The van der Waals surface area contributed by atoms with Gasteiger partial charge in [-0.25, -0.2) is 4.79 Å². The van der Waals surface area contributed by atoms with E-state index in [1.807, 2.05) is 36.4 Å². The molecule has 1 saturated carbocycles. The number of imide groups is 1. The second kappa shape index (κ2) is 10.4. The Labute approximate surface area is 225 Å². The molecule has 10 heteroatoms. The van der Waals surface area contributed by atoms with Gasteiger partial charge in [0, 0.05) is 36.7 Å². The summed E-state index contributed by atoms with van der Waals surface area (Å²) < 4.78 is 5.58. The van der Waals surface area contributed by atoms with Gasteiger partial charge >= 0.3 is 6.09 Å². The fourth-order valence-corrected chi connectivity index (χ4v) is 5.45. The molecule has 1 atom stereocenters. The Morgan fingerprint density at radius 3 is 2.74 bits per heavy atom. The van der Waals surface area contributed by atoms with Crippen molar-refractivity contribution < 1.29 is 23.9 Å². The monoisotopic (exact) mass is 534 g/mol. The van der Waals surface area contributed by atoms with Crippen LogP contribution in [0.25, 0.3) is 10.9 Å². The number of benzene rings is 2. The van der Waals surface area contributed by atoms with Gasteiger partial charge in [0.2, 0.25) is 11.8 Å². The van der Waals surface area contributed by atoms with Crippen LogP contribution in [0.5, 0.6) is 0 Å². The van der Waals surface area contributed by atoms with Crippen LogP contribution in [-0.4, -0.2) is 45.8 Å². The van der Waals surface area contributed by atoms with Crippen molar-refractivity contribution in [1.29, 1.82) is 0 Å². The van der Waals surface area contributed by atoms with E-state index in [0.717, 1.165) is 34.9 Å². The molecule has 2 aliphatic heterocycles. The fourth-order valence-electron chi connectivity index (χ4n) is 5.45. The van der Waals surface area contributed by atoms with Gasteiger partial charge in [-0.15, -0.1) is 12.4 Å². The summed E-state index contributed by atoms with van der Waals surface area (Å²) in [6, 6.07) is 14.9. The number of aromatic nitrogens is 1. The number of para-hydroxylation sites is 1. The highest BCUT2D eigenvalue weighted by Crippen LogP contribution is 2.41. The van der Waals surface area contributed by atoms with Gasteiger partial charge in [0.15, 0.2) is 0 Å². The molecule has 2 fully saturated rings. The molecule has 9 nitrogen and oxygen atoms in total. The summed E-state index contributed by atoms with van der Waals surface area (Å²) in [5.41, 5.74) is 4.29. The average Bonchev–Trinajstić information content (AvgIpc) is 3.20. The van der Waals surface area contributed by atoms with Crippen LogP contribution in [0, 0.1) is 0 Å². The summed E-state index contributed by atoms with van der Waals surface area (Å²) in [6.07, 6.45) is 3.21. The van der Waals surface area contributed by atoms with Crippen molar-refractivity contribution >= 4 is 47.1 Å². The van der Waals surface area contributed by atoms with Gasteiger partial charge in [-0.3, -0.25) is 24.7 Å². The molecule has 1 saturated heterocycles. The van der Waals surface area contributed by atoms with Crippen molar-refractivity contribution in [2.45, 2.75) is 56.8 Å². The largest absolute Gasteiger partial charge is 0.446 e. The van der Waals surface area contributed by atoms with Crippen molar-refractivity contribution in [1.82, 2.24) is 20.5 Å². The van der Waals surface area contributed by atoms with Gasteiger partial charge in [-0.2, -0.15) is 0 Å². The molecule has 0 radical (unpaired) electrons. The number of piperidine rings is 1. The van der Waals surface area contributed by atoms with E-state index in [9.17, 15) is 19.2 Å². The van der Waals surface area contributed by atoms with Crippen molar-refractivity contribution in [3.05, 3.63) is 77.0 Å². The van der Waals surface area contributed by atoms with E-state index in [2.05, 4.69) is 21.7 Å². The maximum absolute atomic E-state index is 13.0. The highest BCUT2D eigenvalue weighted by molar-refractivity contribution is 6.05. The number of halogens is 1. The van der Waals surface area contributed by atoms with Crippen LogP contribution in [0.1, 0.15) is 58.6 Å². The lowest BCUT2D eigenvalue weighted by Crippen LogP contribution is -2.52. The first kappa shape index (κ1) is 25.7. The van der Waals surface area contributed by atoms with Crippen LogP contribution in [0.3, 0.4) is 0 Å². The van der Waals surface area contributed by atoms with Crippen molar-refractivity contribution in [2.24, 2.45) is 0 Å². The molecule has 0 bridgehead atoms. The number of hydrogen-bond donors (Lipinski definition) is 2. The summed E-state index contributed by atoms with van der Waals surface area (Å²) in [5.74, 6) is -0.672. The Balaban J connectivity index is 0.00000294. The lowest BCUT2D eigenvalue weighted by Gasteiger charge is -2.35. The maximum Gasteiger partial charge on any atom is 0.407 e. The highest BCUT2D eigenvalue weighted by Gasteiger charge is 2.39. The topological polar surface area (TPSA) is 118 Å². The van der Waals surface area contributed by atoms with Gasteiger partial charge in [0.1, 0.15) is 12.1 Å². The highest BCUT2D eigenvalue weighted by atomic mass is 35.5. The van der Waals surface area contributed by atoms with Crippen LogP contribution in [0.15, 0.2) is 54.7 Å². The number of pyridine rings is 1. The van der Waals surface area contributed by atoms with E-state index in [1.54, 1.807) is 12.3 Å². The summed E-state index contributed by atoms with van der Waals surface area (Å²) in [5, 5.41) is 6.19. The van der Waals surface area contributed by atoms with Crippen LogP contribution >= 0.6 is 12.4 Å². The number of nitrogens with zero attached hydrogens (tertiary/aromatic N) is 2. The van der Waals surface area contributed by atoms with Gasteiger partial charge in [-0.1, -0.05) is 36.4 Å². The summed E-state index contributed by atoms with van der Waals surface area (Å²) in [4.78, 5) is 55.1. The zero-order valence-electron chi connectivity index (χ0n) is 20.5. The standard InChI is InChI=1S/C28H26N4O5.ClH/c33-24-9-8-23(26(34)31-24)32-15-18-7-6-16(11-22(18)27(32)35)14-30-28(36)37-20-12-19(13-20)21-5-1-3-17-4-2-10-29-25(17)21;/h1-7,10-11,19-20,23H,8-9,12-15H2,(H,30,36)(H,31,33,34);1H/t19?,20?,23-;/m0./s1. The minimum absolute atomic E-state index is 0. The van der Waals surface area contributed by atoms with E-state index >= 15 is 0 Å². The third-order valence-corrected chi connectivity index (χ3v) is 7.50. The van der Waals surface area contributed by atoms with E-state index in [4.69, 9.17) is 4.74 Å². The van der Waals surface area contributed by atoms with Crippen molar-refractivity contribution in [3.8, 4) is 0 Å². The van der Waals surface area contributed by atoms with Gasteiger partial charge < -0.3 is 15.0 Å². The summed E-state index contributed by atoms with van der Waals surface area (Å²) >= 11 is 0. The number of ether oxygens (including phenoxy) is 1. The quantitative estimate of drug-likeness (QED) is 0.483. The summed E-state index contributed by atoms with van der Waals surface area (Å²) in [6.45, 7) is 0.548. The lowest BCUT2D eigenvalue weighted by molar-refractivity contribution is -0.136. The summed E-state index contributed by atoms with van der Waals surface area (Å²) in [7, 11) is 0. The predicted molar refractivity (Wildman–Crippen MR) is 141 cm³/mol. The zero-order chi connectivity index (χ0) is 25.5. The Morgan fingerprint density at radius 1 is 1.11 bits per heavy atom. The van der Waals surface area contributed by atoms with E-state index in [-0.39, 0.29) is 43.3 Å². The molecule has 3 aliphatic rings. The first-order valence-corrected chi connectivity index (χ1v) is 12.5. The Bertz CT molecular complexity index is 1430. The van der Waals surface area contributed by atoms with Crippen molar-refractivity contribution in [2.75, 3.05) is 0 Å². The molecular formula is C28H27ClN4O5. The van der Waals surface area contributed by atoms with Gasteiger partial charge in [0.05, 0.1) is 5.52 Å². The molecule has 3 aromatic rings. The maximum atomic E-state index is 13.0. The first-order chi connectivity index (χ1) is 18.0. The molecule has 2 N–H and O–H groups in total. The Hall–Kier alpha value is -3.98. The number of carbonyl (C=O) groups excluding carboxylic acids is 4. The predicted octanol–water partition coefficient (Wildman–Crippen LogP) is 3.59. The Kier molecular flexibility index (Phi) is 7.03. The number of nitrogens with one attached hydrogen (secondary N) is 2. The molecule has 4 amide bonds. The number of alkyl carbamates (subject to hydrolysis) is 1. The Morgan fingerprint density at radius 2 is 1.92 bits per heavy atom. The minimum atomic E-state index is -0.648. The molecule has 0 spiro atoms. The second-order valence-corrected chi connectivity index (χ2v) is 9.86. The number of amides is 4. The molecule has 1 aliphatic carbocycles. The van der Waals surface area contributed by atoms with Gasteiger partial charge in [-0.05, 0) is 54.0 Å². The molecule has 196 valence electrons. The third kappa shape index (κ3) is 4.81. The normalized spacial score (nSPS) is 22.3. The minimum Gasteiger partial charge on any atom is -0.446 e. The number of hydrogen-bond acceptors (Lipinski definition) is 6. The van der Waals surface area contributed by atoms with E-state index in [1.165, 1.54) is 10.5 Å². The second-order valence-electron chi connectivity index (χ2n) is 9.86. The molecular weight excluding hydrogens is 508 g/mol. The molecule has 6 rings (SSSR count). The smallest absolute Gasteiger partial charge is 0.407 e. The number of carbonyl (C=O) groups is 4. The lowest BCUT2D eigenvalue weighted by atomic mass is 9.77. The van der Waals surface area contributed by atoms with E-state index < -0.39 is 18.0 Å². The first-order valence-electron chi connectivity index (χ1n) is 12.5. The number of fused-ring (bicyclic) bond motifs is 2. The fraction of sp³-hybridized carbons (Fsp3) is 0.321. The van der Waals surface area contributed by atoms with Crippen LogP contribution < -0.4 is 10.6 Å². The molecule has 2 aromatic carbocycles. The van der Waals surface area contributed by atoms with Crippen molar-refractivity contribution in [3.63, 3.8) is 0 Å². The molecule has 1 aromatic heterocycles. The van der Waals surface area contributed by atoms with Crippen LogP contribution in [0.2, 0.25) is 0 Å². The molecule has 3 heterocycles. The zero-order valence-corrected chi connectivity index (χ0v) is 21.3. The third-order valence-electron chi connectivity index (χ3n) is 7.50. The SMILES string of the molecule is Cl.O=C1CC[C@H](N2Cc3ccc(CNC(=O)OC4CC(c5cccc6cccnc56)C4)cc3C2=O)C(=O)N1. The van der Waals surface area contributed by atoms with E-state index in [0.29, 0.717) is 24.4 Å². The van der Waals surface area contributed by atoms with Crippen LogP contribution in [0.4, 0.5) is 4.79 Å². The average molecular weight is 535 g/mol. The molecule has 38 heavy (non-hydrogen) atoms. The van der Waals surface area contributed by atoms with Crippen LogP contribution in [-0.2, 0) is 27.4 Å². The van der Waals surface area contributed by atoms with Gasteiger partial charge in [0.25, 0.3) is 5.91 Å². The molecule has 0 unspecified atom stereocenters. The number of rotatable bonds is 5.